The first kappa shape index (κ1) is 18.3. The molecule has 28 heavy (non-hydrogen) atoms. The Morgan fingerprint density at radius 2 is 1.71 bits per heavy atom. The van der Waals surface area contributed by atoms with Gasteiger partial charge in [-0.25, -0.2) is 0 Å². The van der Waals surface area contributed by atoms with Crippen LogP contribution in [0.5, 0.6) is 5.75 Å². The third-order valence-corrected chi connectivity index (χ3v) is 5.12. The van der Waals surface area contributed by atoms with Crippen molar-refractivity contribution in [2.75, 3.05) is 13.2 Å². The van der Waals surface area contributed by atoms with Crippen LogP contribution >= 0.6 is 0 Å². The van der Waals surface area contributed by atoms with Crippen LogP contribution in [0.4, 0.5) is 0 Å². The van der Waals surface area contributed by atoms with Crippen molar-refractivity contribution >= 4 is 5.91 Å². The molecule has 4 rings (SSSR count). The molecule has 4 nitrogen and oxygen atoms in total. The summed E-state index contributed by atoms with van der Waals surface area (Å²) in [7, 11) is 0. The normalized spacial score (nSPS) is 13.7. The lowest BCUT2D eigenvalue weighted by Gasteiger charge is -2.28. The summed E-state index contributed by atoms with van der Waals surface area (Å²) in [6, 6.07) is 25.1. The third-order valence-electron chi connectivity index (χ3n) is 5.12. The summed E-state index contributed by atoms with van der Waals surface area (Å²) in [5.74, 6) is 0.169. The molecule has 0 fully saturated rings. The Morgan fingerprint density at radius 3 is 2.50 bits per heavy atom. The highest BCUT2D eigenvalue weighted by Gasteiger charge is 2.15. The predicted molar refractivity (Wildman–Crippen MR) is 111 cm³/mol. The number of amides is 1. The van der Waals surface area contributed by atoms with Crippen LogP contribution in [0.25, 0.3) is 11.1 Å². The van der Waals surface area contributed by atoms with Gasteiger partial charge in [-0.3, -0.25) is 9.69 Å². The molecule has 142 valence electrons. The van der Waals surface area contributed by atoms with E-state index >= 15 is 0 Å². The molecule has 1 aliphatic rings. The minimum Gasteiger partial charge on any atom is -0.484 e. The van der Waals surface area contributed by atoms with Crippen molar-refractivity contribution in [1.82, 2.24) is 4.90 Å². The fourth-order valence-corrected chi connectivity index (χ4v) is 3.67. The molecule has 1 amide bonds. The summed E-state index contributed by atoms with van der Waals surface area (Å²) in [5, 5.41) is 0. The summed E-state index contributed by atoms with van der Waals surface area (Å²) in [4.78, 5) is 13.4. The number of nitrogens with two attached hydrogens (primary N) is 1. The average Bonchev–Trinajstić information content (AvgIpc) is 2.73. The number of benzene rings is 3. The van der Waals surface area contributed by atoms with Gasteiger partial charge in [-0.05, 0) is 46.4 Å². The van der Waals surface area contributed by atoms with Gasteiger partial charge in [0.05, 0.1) is 0 Å². The number of hydrogen-bond acceptors (Lipinski definition) is 3. The van der Waals surface area contributed by atoms with E-state index in [1.165, 1.54) is 16.7 Å². The Labute approximate surface area is 165 Å². The van der Waals surface area contributed by atoms with Gasteiger partial charge in [0.25, 0.3) is 5.91 Å². The van der Waals surface area contributed by atoms with Gasteiger partial charge in [0.15, 0.2) is 6.61 Å². The second kappa shape index (κ2) is 8.28. The molecule has 0 unspecified atom stereocenters. The van der Waals surface area contributed by atoms with E-state index in [0.29, 0.717) is 5.75 Å². The van der Waals surface area contributed by atoms with Crippen LogP contribution in [0.1, 0.15) is 16.7 Å². The molecule has 0 saturated carbocycles. The summed E-state index contributed by atoms with van der Waals surface area (Å²) in [6.45, 7) is 2.95. The first-order valence-electron chi connectivity index (χ1n) is 9.57. The van der Waals surface area contributed by atoms with E-state index < -0.39 is 5.91 Å². The van der Waals surface area contributed by atoms with Crippen molar-refractivity contribution in [3.05, 3.63) is 89.5 Å². The quantitative estimate of drug-likeness (QED) is 0.716. The molecule has 3 aromatic carbocycles. The van der Waals surface area contributed by atoms with E-state index in [1.807, 2.05) is 24.3 Å². The molecular formula is C24H24N2O2. The highest BCUT2D eigenvalue weighted by molar-refractivity contribution is 5.75. The number of nitrogens with zero attached hydrogens (tertiary/aromatic N) is 1. The Hall–Kier alpha value is -3.11. The van der Waals surface area contributed by atoms with E-state index in [1.54, 1.807) is 0 Å². The number of hydrogen-bond donors (Lipinski definition) is 1. The van der Waals surface area contributed by atoms with Crippen molar-refractivity contribution in [2.24, 2.45) is 5.73 Å². The van der Waals surface area contributed by atoms with Gasteiger partial charge in [0.2, 0.25) is 0 Å². The summed E-state index contributed by atoms with van der Waals surface area (Å²) in [6.07, 6.45) is 1.12. The molecule has 0 aromatic heterocycles. The zero-order chi connectivity index (χ0) is 19.3. The lowest BCUT2D eigenvalue weighted by Crippen LogP contribution is -2.29. The SMILES string of the molecule is NC(=O)COc1cccc(-c2ccc(CN3CCc4ccccc4C3)cc2)c1. The molecule has 1 heterocycles. The van der Waals surface area contributed by atoms with Crippen molar-refractivity contribution in [1.29, 1.82) is 0 Å². The van der Waals surface area contributed by atoms with Gasteiger partial charge in [0, 0.05) is 19.6 Å². The predicted octanol–water partition coefficient (Wildman–Crippen LogP) is 3.78. The maximum absolute atomic E-state index is 10.9. The Bertz CT molecular complexity index is 966. The first-order valence-corrected chi connectivity index (χ1v) is 9.57. The Kier molecular flexibility index (Phi) is 5.40. The lowest BCUT2D eigenvalue weighted by molar-refractivity contribution is -0.119. The second-order valence-electron chi connectivity index (χ2n) is 7.21. The molecule has 1 aliphatic heterocycles. The van der Waals surface area contributed by atoms with Gasteiger partial charge in [-0.2, -0.15) is 0 Å². The van der Waals surface area contributed by atoms with Crippen LogP contribution in [0.3, 0.4) is 0 Å². The molecule has 0 bridgehead atoms. The molecule has 0 radical (unpaired) electrons. The van der Waals surface area contributed by atoms with Gasteiger partial charge < -0.3 is 10.5 Å². The van der Waals surface area contributed by atoms with Gasteiger partial charge in [-0.15, -0.1) is 0 Å². The van der Waals surface area contributed by atoms with E-state index in [2.05, 4.69) is 53.4 Å². The zero-order valence-corrected chi connectivity index (χ0v) is 15.8. The number of fused-ring (bicyclic) bond motifs is 1. The number of carbonyl (C=O) groups excluding carboxylic acids is 1. The Morgan fingerprint density at radius 1 is 0.929 bits per heavy atom. The highest BCUT2D eigenvalue weighted by Crippen LogP contribution is 2.25. The van der Waals surface area contributed by atoms with E-state index in [0.717, 1.165) is 37.2 Å². The molecule has 0 aliphatic carbocycles. The fourth-order valence-electron chi connectivity index (χ4n) is 3.67. The summed E-state index contributed by atoms with van der Waals surface area (Å²) >= 11 is 0. The van der Waals surface area contributed by atoms with E-state index in [9.17, 15) is 4.79 Å². The largest absolute Gasteiger partial charge is 0.484 e. The van der Waals surface area contributed by atoms with Crippen LogP contribution in [-0.2, 0) is 24.3 Å². The summed E-state index contributed by atoms with van der Waals surface area (Å²) < 4.78 is 5.40. The molecule has 0 spiro atoms. The highest BCUT2D eigenvalue weighted by atomic mass is 16.5. The minimum absolute atomic E-state index is 0.110. The van der Waals surface area contributed by atoms with Crippen LogP contribution in [0.2, 0.25) is 0 Å². The minimum atomic E-state index is -0.477. The van der Waals surface area contributed by atoms with Crippen molar-refractivity contribution in [3.8, 4) is 16.9 Å². The number of rotatable bonds is 6. The van der Waals surface area contributed by atoms with Crippen LogP contribution in [0.15, 0.2) is 72.8 Å². The lowest BCUT2D eigenvalue weighted by atomic mass is 9.99. The topological polar surface area (TPSA) is 55.6 Å². The smallest absolute Gasteiger partial charge is 0.255 e. The number of ether oxygens (including phenoxy) is 1. The second-order valence-corrected chi connectivity index (χ2v) is 7.21. The van der Waals surface area contributed by atoms with Crippen molar-refractivity contribution in [2.45, 2.75) is 19.5 Å². The average molecular weight is 372 g/mol. The standard InChI is InChI=1S/C24H24N2O2/c25-24(27)17-28-23-7-3-6-21(14-23)20-10-8-18(9-11-20)15-26-13-12-19-4-1-2-5-22(19)16-26/h1-11,14H,12-13,15-17H2,(H2,25,27). The Balaban J connectivity index is 1.42. The summed E-state index contributed by atoms with van der Waals surface area (Å²) in [5.41, 5.74) is 11.6. The van der Waals surface area contributed by atoms with Crippen molar-refractivity contribution < 1.29 is 9.53 Å². The maximum Gasteiger partial charge on any atom is 0.255 e. The van der Waals surface area contributed by atoms with Crippen LogP contribution in [-0.4, -0.2) is 24.0 Å². The van der Waals surface area contributed by atoms with E-state index in [-0.39, 0.29) is 6.61 Å². The zero-order valence-electron chi connectivity index (χ0n) is 15.8. The maximum atomic E-state index is 10.9. The van der Waals surface area contributed by atoms with Crippen molar-refractivity contribution in [3.63, 3.8) is 0 Å². The van der Waals surface area contributed by atoms with Gasteiger partial charge in [-0.1, -0.05) is 60.7 Å². The molecule has 4 heteroatoms. The molecule has 0 saturated heterocycles. The van der Waals surface area contributed by atoms with E-state index in [4.69, 9.17) is 10.5 Å². The number of carbonyl (C=O) groups is 1. The molecule has 2 N–H and O–H groups in total. The van der Waals surface area contributed by atoms with Gasteiger partial charge in [0.1, 0.15) is 5.75 Å². The monoisotopic (exact) mass is 372 g/mol. The molecule has 0 atom stereocenters. The number of primary amides is 1. The third kappa shape index (κ3) is 4.41. The van der Waals surface area contributed by atoms with Gasteiger partial charge >= 0.3 is 0 Å². The first-order chi connectivity index (χ1) is 13.7. The fraction of sp³-hybridized carbons (Fsp3) is 0.208. The van der Waals surface area contributed by atoms with Crippen LogP contribution in [0, 0.1) is 0 Å². The molecular weight excluding hydrogens is 348 g/mol. The van der Waals surface area contributed by atoms with Crippen LogP contribution < -0.4 is 10.5 Å². The molecule has 3 aromatic rings.